The van der Waals surface area contributed by atoms with E-state index in [-0.39, 0.29) is 23.5 Å². The molecule has 6 nitrogen and oxygen atoms in total. The number of hydrogen-bond acceptors (Lipinski definition) is 5. The Morgan fingerprint density at radius 1 is 1.03 bits per heavy atom. The Labute approximate surface area is 172 Å². The van der Waals surface area contributed by atoms with E-state index < -0.39 is 9.84 Å². The van der Waals surface area contributed by atoms with Crippen molar-refractivity contribution in [3.63, 3.8) is 0 Å². The molecule has 1 amide bonds. The molecule has 2 aromatic rings. The number of carbonyl (C=O) groups excluding carboxylic acids is 1. The average molecular weight is 418 g/mol. The van der Waals surface area contributed by atoms with Gasteiger partial charge in [-0.1, -0.05) is 37.3 Å². The highest BCUT2D eigenvalue weighted by Crippen LogP contribution is 2.25. The molecule has 0 radical (unpaired) electrons. The van der Waals surface area contributed by atoms with Gasteiger partial charge in [0.15, 0.2) is 9.84 Å². The van der Waals surface area contributed by atoms with Crippen LogP contribution < -0.4 is 9.47 Å². The first-order valence-corrected chi connectivity index (χ1v) is 11.7. The molecule has 0 N–H and O–H groups in total. The summed E-state index contributed by atoms with van der Waals surface area (Å²) in [5.74, 6) is 1.23. The van der Waals surface area contributed by atoms with Crippen LogP contribution in [0.2, 0.25) is 0 Å². The van der Waals surface area contributed by atoms with E-state index in [9.17, 15) is 13.2 Å². The van der Waals surface area contributed by atoms with Crippen molar-refractivity contribution in [2.24, 2.45) is 0 Å². The molecular weight excluding hydrogens is 390 g/mol. The molecule has 1 unspecified atom stereocenters. The molecule has 7 heteroatoms. The van der Waals surface area contributed by atoms with Crippen molar-refractivity contribution >= 4 is 15.7 Å². The SMILES string of the molecule is CCCN(C(=O)c1ccccc1OCCOc1ccccc1)C1CCS(=O)(=O)C1. The van der Waals surface area contributed by atoms with Crippen LogP contribution in [0.3, 0.4) is 0 Å². The predicted molar refractivity (Wildman–Crippen MR) is 112 cm³/mol. The maximum absolute atomic E-state index is 13.2. The van der Waals surface area contributed by atoms with Crippen molar-refractivity contribution in [2.45, 2.75) is 25.8 Å². The molecule has 3 rings (SSSR count). The van der Waals surface area contributed by atoms with Crippen molar-refractivity contribution in [3.8, 4) is 11.5 Å². The quantitative estimate of drug-likeness (QED) is 0.586. The fraction of sp³-hybridized carbons (Fsp3) is 0.409. The standard InChI is InChI=1S/C22H27NO5S/c1-2-13-23(18-12-16-29(25,26)17-18)22(24)20-10-6-7-11-21(20)28-15-14-27-19-8-4-3-5-9-19/h3-11,18H,2,12-17H2,1H3. The number of amides is 1. The number of rotatable bonds is 9. The Kier molecular flexibility index (Phi) is 7.14. The first-order valence-electron chi connectivity index (χ1n) is 9.91. The van der Waals surface area contributed by atoms with Crippen LogP contribution in [0.5, 0.6) is 11.5 Å². The lowest BCUT2D eigenvalue weighted by atomic mass is 10.1. The van der Waals surface area contributed by atoms with Gasteiger partial charge in [-0.2, -0.15) is 0 Å². The lowest BCUT2D eigenvalue weighted by Gasteiger charge is -2.28. The third kappa shape index (κ3) is 5.73. The van der Waals surface area contributed by atoms with E-state index in [0.717, 1.165) is 12.2 Å². The van der Waals surface area contributed by atoms with E-state index >= 15 is 0 Å². The lowest BCUT2D eigenvalue weighted by molar-refractivity contribution is 0.0691. The summed E-state index contributed by atoms with van der Waals surface area (Å²) < 4.78 is 35.2. The highest BCUT2D eigenvalue weighted by atomic mass is 32.2. The van der Waals surface area contributed by atoms with Gasteiger partial charge in [-0.3, -0.25) is 4.79 Å². The highest BCUT2D eigenvalue weighted by Gasteiger charge is 2.35. The summed E-state index contributed by atoms with van der Waals surface area (Å²) in [6.07, 6.45) is 1.25. The third-order valence-corrected chi connectivity index (χ3v) is 6.60. The van der Waals surface area contributed by atoms with Crippen LogP contribution in [0.25, 0.3) is 0 Å². The molecular formula is C22H27NO5S. The average Bonchev–Trinajstić information content (AvgIpc) is 3.09. The van der Waals surface area contributed by atoms with E-state index in [4.69, 9.17) is 9.47 Å². The maximum Gasteiger partial charge on any atom is 0.257 e. The fourth-order valence-corrected chi connectivity index (χ4v) is 5.19. The second-order valence-corrected chi connectivity index (χ2v) is 9.29. The Hall–Kier alpha value is -2.54. The summed E-state index contributed by atoms with van der Waals surface area (Å²) in [6.45, 7) is 3.15. The van der Waals surface area contributed by atoms with Gasteiger partial charge in [-0.15, -0.1) is 0 Å². The molecule has 29 heavy (non-hydrogen) atoms. The monoisotopic (exact) mass is 417 g/mol. The minimum atomic E-state index is -3.07. The number of carbonyl (C=O) groups is 1. The molecule has 0 aliphatic carbocycles. The maximum atomic E-state index is 13.2. The molecule has 0 aromatic heterocycles. The zero-order chi connectivity index (χ0) is 20.7. The van der Waals surface area contributed by atoms with Crippen molar-refractivity contribution in [1.29, 1.82) is 0 Å². The largest absolute Gasteiger partial charge is 0.490 e. The van der Waals surface area contributed by atoms with Crippen molar-refractivity contribution < 1.29 is 22.7 Å². The molecule has 2 aromatic carbocycles. The third-order valence-electron chi connectivity index (χ3n) is 4.84. The van der Waals surface area contributed by atoms with Gasteiger partial charge in [0.25, 0.3) is 5.91 Å². The van der Waals surface area contributed by atoms with Gasteiger partial charge in [-0.25, -0.2) is 8.42 Å². The second-order valence-electron chi connectivity index (χ2n) is 7.06. The van der Waals surface area contributed by atoms with E-state index in [1.54, 1.807) is 23.1 Å². The predicted octanol–water partition coefficient (Wildman–Crippen LogP) is 3.18. The van der Waals surface area contributed by atoms with Gasteiger partial charge >= 0.3 is 0 Å². The Morgan fingerprint density at radius 2 is 1.72 bits per heavy atom. The summed E-state index contributed by atoms with van der Waals surface area (Å²) in [7, 11) is -3.07. The van der Waals surface area contributed by atoms with Crippen molar-refractivity contribution in [1.82, 2.24) is 4.90 Å². The minimum absolute atomic E-state index is 0.0344. The molecule has 156 valence electrons. The van der Waals surface area contributed by atoms with E-state index in [1.165, 1.54) is 0 Å². The van der Waals surface area contributed by atoms with Crippen LogP contribution >= 0.6 is 0 Å². The van der Waals surface area contributed by atoms with E-state index in [0.29, 0.717) is 37.5 Å². The first kappa shape index (κ1) is 21.2. The summed E-state index contributed by atoms with van der Waals surface area (Å²) >= 11 is 0. The van der Waals surface area contributed by atoms with Crippen LogP contribution in [-0.2, 0) is 9.84 Å². The van der Waals surface area contributed by atoms with E-state index in [1.807, 2.05) is 43.3 Å². The van der Waals surface area contributed by atoms with Crippen molar-refractivity contribution in [3.05, 3.63) is 60.2 Å². The number of hydrogen-bond donors (Lipinski definition) is 0. The summed E-state index contributed by atoms with van der Waals surface area (Å²) in [5.41, 5.74) is 0.449. The molecule has 0 bridgehead atoms. The molecule has 1 aliphatic rings. The number of nitrogens with zero attached hydrogens (tertiary/aromatic N) is 1. The lowest BCUT2D eigenvalue weighted by Crippen LogP contribution is -2.41. The van der Waals surface area contributed by atoms with Crippen LogP contribution in [0.1, 0.15) is 30.1 Å². The normalized spacial score (nSPS) is 17.6. The molecule has 1 atom stereocenters. The van der Waals surface area contributed by atoms with Crippen LogP contribution in [0, 0.1) is 0 Å². The number of benzene rings is 2. The fourth-order valence-electron chi connectivity index (χ4n) is 3.46. The molecule has 0 spiro atoms. The van der Waals surface area contributed by atoms with Crippen LogP contribution in [0.15, 0.2) is 54.6 Å². The molecule has 1 fully saturated rings. The topological polar surface area (TPSA) is 72.9 Å². The van der Waals surface area contributed by atoms with Gasteiger partial charge in [0.2, 0.25) is 0 Å². The van der Waals surface area contributed by atoms with Crippen molar-refractivity contribution in [2.75, 3.05) is 31.3 Å². The van der Waals surface area contributed by atoms with Gasteiger partial charge in [0.05, 0.1) is 17.1 Å². The smallest absolute Gasteiger partial charge is 0.257 e. The molecule has 1 heterocycles. The highest BCUT2D eigenvalue weighted by molar-refractivity contribution is 7.91. The number of sulfone groups is 1. The molecule has 1 aliphatic heterocycles. The van der Waals surface area contributed by atoms with Crippen LogP contribution in [0.4, 0.5) is 0 Å². The Bertz CT molecular complexity index is 914. The van der Waals surface area contributed by atoms with Gasteiger partial charge in [0, 0.05) is 12.6 Å². The first-order chi connectivity index (χ1) is 14.0. The molecule has 1 saturated heterocycles. The number of para-hydroxylation sites is 2. The Balaban J connectivity index is 1.66. The second kappa shape index (κ2) is 9.78. The zero-order valence-electron chi connectivity index (χ0n) is 16.6. The zero-order valence-corrected chi connectivity index (χ0v) is 17.4. The Morgan fingerprint density at radius 3 is 2.41 bits per heavy atom. The van der Waals surface area contributed by atoms with Gasteiger partial charge in [-0.05, 0) is 37.1 Å². The summed E-state index contributed by atoms with van der Waals surface area (Å²) in [6, 6.07) is 16.3. The number of ether oxygens (including phenoxy) is 2. The minimum Gasteiger partial charge on any atom is -0.490 e. The van der Waals surface area contributed by atoms with E-state index in [2.05, 4.69) is 0 Å². The summed E-state index contributed by atoms with van der Waals surface area (Å²) in [4.78, 5) is 14.9. The summed E-state index contributed by atoms with van der Waals surface area (Å²) in [5, 5.41) is 0. The van der Waals surface area contributed by atoms with Gasteiger partial charge in [0.1, 0.15) is 24.7 Å². The van der Waals surface area contributed by atoms with Crippen LogP contribution in [-0.4, -0.2) is 56.5 Å². The van der Waals surface area contributed by atoms with Gasteiger partial charge < -0.3 is 14.4 Å². The molecule has 0 saturated carbocycles.